The monoisotopic (exact) mass is 357 g/mol. The lowest BCUT2D eigenvalue weighted by atomic mass is 10.2. The van der Waals surface area contributed by atoms with Crippen molar-refractivity contribution in [3.63, 3.8) is 0 Å². The molecule has 26 heavy (non-hydrogen) atoms. The zero-order valence-electron chi connectivity index (χ0n) is 15.0. The molecule has 6 heteroatoms. The molecule has 2 aromatic rings. The average Bonchev–Trinajstić information content (AvgIpc) is 2.64. The maximum atomic E-state index is 12.0. The van der Waals surface area contributed by atoms with E-state index in [0.29, 0.717) is 17.9 Å². The van der Waals surface area contributed by atoms with Crippen molar-refractivity contribution in [3.05, 3.63) is 59.7 Å². The van der Waals surface area contributed by atoms with E-state index in [9.17, 15) is 9.59 Å². The van der Waals surface area contributed by atoms with Crippen molar-refractivity contribution in [1.82, 2.24) is 5.32 Å². The molecule has 0 saturated heterocycles. The Balaban J connectivity index is 1.65. The van der Waals surface area contributed by atoms with Gasteiger partial charge in [0.1, 0.15) is 31.3 Å². The van der Waals surface area contributed by atoms with Crippen LogP contribution >= 0.6 is 0 Å². The molecule has 0 aromatic heterocycles. The van der Waals surface area contributed by atoms with Crippen LogP contribution in [-0.2, 0) is 9.53 Å². The van der Waals surface area contributed by atoms with E-state index in [1.54, 1.807) is 24.3 Å². The second-order valence-corrected chi connectivity index (χ2v) is 5.53. The lowest BCUT2D eigenvalue weighted by molar-refractivity contribution is -0.143. The summed E-state index contributed by atoms with van der Waals surface area (Å²) >= 11 is 0. The third-order valence-corrected chi connectivity index (χ3v) is 3.43. The number of esters is 1. The summed E-state index contributed by atoms with van der Waals surface area (Å²) in [6.45, 7) is 4.59. The van der Waals surface area contributed by atoms with Gasteiger partial charge >= 0.3 is 5.97 Å². The second-order valence-electron chi connectivity index (χ2n) is 5.53. The molecule has 6 nitrogen and oxygen atoms in total. The third kappa shape index (κ3) is 6.47. The number of ether oxygens (including phenoxy) is 3. The van der Waals surface area contributed by atoms with E-state index < -0.39 is 5.97 Å². The quantitative estimate of drug-likeness (QED) is 0.552. The fourth-order valence-corrected chi connectivity index (χ4v) is 2.19. The molecule has 0 aliphatic heterocycles. The largest absolute Gasteiger partial charge is 0.494 e. The predicted molar refractivity (Wildman–Crippen MR) is 97.6 cm³/mol. The predicted octanol–water partition coefficient (Wildman–Crippen LogP) is 2.75. The van der Waals surface area contributed by atoms with Crippen LogP contribution in [-0.4, -0.2) is 38.2 Å². The van der Waals surface area contributed by atoms with E-state index in [1.807, 2.05) is 38.1 Å². The molecule has 138 valence electrons. The van der Waals surface area contributed by atoms with Crippen molar-refractivity contribution in [2.45, 2.75) is 13.8 Å². The van der Waals surface area contributed by atoms with Gasteiger partial charge in [-0.15, -0.1) is 0 Å². The first kappa shape index (κ1) is 19.3. The molecule has 2 rings (SSSR count). The second kappa shape index (κ2) is 10.1. The first-order chi connectivity index (χ1) is 12.6. The van der Waals surface area contributed by atoms with Gasteiger partial charge in [-0.05, 0) is 55.8 Å². The van der Waals surface area contributed by atoms with Crippen LogP contribution in [0.3, 0.4) is 0 Å². The Bertz CT molecular complexity index is 727. The molecule has 1 amide bonds. The van der Waals surface area contributed by atoms with Crippen molar-refractivity contribution < 1.29 is 23.8 Å². The van der Waals surface area contributed by atoms with Crippen molar-refractivity contribution in [3.8, 4) is 11.5 Å². The normalized spacial score (nSPS) is 10.1. The summed E-state index contributed by atoms with van der Waals surface area (Å²) in [5.41, 5.74) is 1.54. The van der Waals surface area contributed by atoms with Crippen LogP contribution in [0.1, 0.15) is 22.8 Å². The van der Waals surface area contributed by atoms with Crippen molar-refractivity contribution in [1.29, 1.82) is 0 Å². The highest BCUT2D eigenvalue weighted by Crippen LogP contribution is 2.12. The van der Waals surface area contributed by atoms with Gasteiger partial charge in [0.25, 0.3) is 5.91 Å². The molecule has 0 unspecified atom stereocenters. The van der Waals surface area contributed by atoms with E-state index in [2.05, 4.69) is 5.32 Å². The molecular formula is C20H23NO5. The summed E-state index contributed by atoms with van der Waals surface area (Å²) in [6.07, 6.45) is 0. The summed E-state index contributed by atoms with van der Waals surface area (Å²) in [6, 6.07) is 14.3. The SMILES string of the molecule is CCOc1ccc(C(=O)NCC(=O)OCCOc2cccc(C)c2)cc1. The maximum absolute atomic E-state index is 12.0. The summed E-state index contributed by atoms with van der Waals surface area (Å²) in [7, 11) is 0. The summed E-state index contributed by atoms with van der Waals surface area (Å²) < 4.78 is 15.8. The molecule has 1 N–H and O–H groups in total. The minimum Gasteiger partial charge on any atom is -0.494 e. The molecule has 0 bridgehead atoms. The van der Waals surface area contributed by atoms with E-state index in [-0.39, 0.29) is 25.7 Å². The molecule has 2 aromatic carbocycles. The molecule has 0 heterocycles. The summed E-state index contributed by atoms with van der Waals surface area (Å²) in [4.78, 5) is 23.7. The summed E-state index contributed by atoms with van der Waals surface area (Å²) in [5, 5.41) is 2.52. The van der Waals surface area contributed by atoms with Gasteiger partial charge in [-0.1, -0.05) is 12.1 Å². The van der Waals surface area contributed by atoms with Crippen LogP contribution < -0.4 is 14.8 Å². The Hall–Kier alpha value is -3.02. The number of carbonyl (C=O) groups is 2. The van der Waals surface area contributed by atoms with Gasteiger partial charge in [0.15, 0.2) is 0 Å². The molecule has 0 aliphatic carbocycles. The molecular weight excluding hydrogens is 334 g/mol. The zero-order valence-corrected chi connectivity index (χ0v) is 15.0. The van der Waals surface area contributed by atoms with E-state index in [1.165, 1.54) is 0 Å². The fourth-order valence-electron chi connectivity index (χ4n) is 2.19. The molecule has 0 fully saturated rings. The number of nitrogens with one attached hydrogen (secondary N) is 1. The topological polar surface area (TPSA) is 73.9 Å². The van der Waals surface area contributed by atoms with Gasteiger partial charge in [-0.2, -0.15) is 0 Å². The highest BCUT2D eigenvalue weighted by atomic mass is 16.6. The number of hydrogen-bond acceptors (Lipinski definition) is 5. The zero-order chi connectivity index (χ0) is 18.8. The van der Waals surface area contributed by atoms with Gasteiger partial charge in [0.05, 0.1) is 6.61 Å². The van der Waals surface area contributed by atoms with Crippen molar-refractivity contribution in [2.24, 2.45) is 0 Å². The van der Waals surface area contributed by atoms with E-state index in [4.69, 9.17) is 14.2 Å². The van der Waals surface area contributed by atoms with Crippen LogP contribution in [0.15, 0.2) is 48.5 Å². The molecule has 0 saturated carbocycles. The highest BCUT2D eigenvalue weighted by molar-refractivity contribution is 5.96. The number of aryl methyl sites for hydroxylation is 1. The van der Waals surface area contributed by atoms with Crippen molar-refractivity contribution >= 4 is 11.9 Å². The van der Waals surface area contributed by atoms with Crippen LogP contribution in [0.5, 0.6) is 11.5 Å². The minimum absolute atomic E-state index is 0.117. The highest BCUT2D eigenvalue weighted by Gasteiger charge is 2.09. The van der Waals surface area contributed by atoms with Gasteiger partial charge < -0.3 is 19.5 Å². The molecule has 0 radical (unpaired) electrons. The van der Waals surface area contributed by atoms with E-state index in [0.717, 1.165) is 11.3 Å². The molecule has 0 spiro atoms. The Morgan fingerprint density at radius 1 is 0.962 bits per heavy atom. The Kier molecular flexibility index (Phi) is 7.49. The van der Waals surface area contributed by atoms with Gasteiger partial charge in [-0.3, -0.25) is 9.59 Å². The number of benzene rings is 2. The maximum Gasteiger partial charge on any atom is 0.325 e. The van der Waals surface area contributed by atoms with Gasteiger partial charge in [-0.25, -0.2) is 0 Å². The average molecular weight is 357 g/mol. The molecule has 0 aliphatic rings. The first-order valence-electron chi connectivity index (χ1n) is 8.44. The van der Waals surface area contributed by atoms with Crippen LogP contribution in [0, 0.1) is 6.92 Å². The lowest BCUT2D eigenvalue weighted by Crippen LogP contribution is -2.31. The van der Waals surface area contributed by atoms with Crippen LogP contribution in [0.2, 0.25) is 0 Å². The Labute approximate surface area is 153 Å². The van der Waals surface area contributed by atoms with Crippen molar-refractivity contribution in [2.75, 3.05) is 26.4 Å². The Morgan fingerprint density at radius 3 is 2.42 bits per heavy atom. The molecule has 0 atom stereocenters. The van der Waals surface area contributed by atoms with Gasteiger partial charge in [0, 0.05) is 5.56 Å². The lowest BCUT2D eigenvalue weighted by Gasteiger charge is -2.09. The van der Waals surface area contributed by atoms with Crippen LogP contribution in [0.4, 0.5) is 0 Å². The standard InChI is InChI=1S/C20H23NO5/c1-3-24-17-9-7-16(8-10-17)20(23)21-14-19(22)26-12-11-25-18-6-4-5-15(2)13-18/h4-10,13H,3,11-12,14H2,1-2H3,(H,21,23). The minimum atomic E-state index is -0.517. The number of amides is 1. The van der Waals surface area contributed by atoms with E-state index >= 15 is 0 Å². The first-order valence-corrected chi connectivity index (χ1v) is 8.44. The Morgan fingerprint density at radius 2 is 1.73 bits per heavy atom. The number of carbonyl (C=O) groups excluding carboxylic acids is 2. The van der Waals surface area contributed by atoms with Gasteiger partial charge in [0.2, 0.25) is 0 Å². The smallest absolute Gasteiger partial charge is 0.325 e. The van der Waals surface area contributed by atoms with Crippen LogP contribution in [0.25, 0.3) is 0 Å². The third-order valence-electron chi connectivity index (χ3n) is 3.43. The number of rotatable bonds is 9. The fraction of sp³-hybridized carbons (Fsp3) is 0.300. The summed E-state index contributed by atoms with van der Waals surface area (Å²) in [5.74, 6) is 0.556. The number of hydrogen-bond donors (Lipinski definition) is 1.